The molecule has 1 amide bonds. The van der Waals surface area contributed by atoms with Crippen LogP contribution in [0.25, 0.3) is 0 Å². The van der Waals surface area contributed by atoms with Crippen molar-refractivity contribution in [1.29, 1.82) is 0 Å². The molecule has 0 aromatic heterocycles. The average Bonchev–Trinajstić information content (AvgIpc) is 2.46. The summed E-state index contributed by atoms with van der Waals surface area (Å²) < 4.78 is 22.3. The third kappa shape index (κ3) is 4.07. The van der Waals surface area contributed by atoms with E-state index in [1.807, 2.05) is 0 Å². The third-order valence-corrected chi connectivity index (χ3v) is 4.21. The van der Waals surface area contributed by atoms with E-state index in [-0.39, 0.29) is 17.4 Å². The second-order valence-electron chi connectivity index (χ2n) is 3.91. The molecular formula is C9H18N2O4S. The molecule has 0 bridgehead atoms. The largest absolute Gasteiger partial charge is 0.390 e. The number of sulfone groups is 1. The van der Waals surface area contributed by atoms with Crippen molar-refractivity contribution in [2.75, 3.05) is 24.6 Å². The molecule has 2 atom stereocenters. The summed E-state index contributed by atoms with van der Waals surface area (Å²) in [4.78, 5) is 10.9. The molecule has 0 aromatic carbocycles. The fraction of sp³-hybridized carbons (Fsp3) is 0.889. The van der Waals surface area contributed by atoms with Crippen molar-refractivity contribution in [2.45, 2.75) is 25.5 Å². The summed E-state index contributed by atoms with van der Waals surface area (Å²) in [6, 6.07) is -0.413. The van der Waals surface area contributed by atoms with E-state index in [0.717, 1.165) is 0 Å². The zero-order chi connectivity index (χ0) is 12.2. The fourth-order valence-corrected chi connectivity index (χ4v) is 3.38. The van der Waals surface area contributed by atoms with Crippen molar-refractivity contribution in [2.24, 2.45) is 0 Å². The maximum atomic E-state index is 11.2. The molecule has 0 radical (unpaired) electrons. The first-order valence-corrected chi connectivity index (χ1v) is 7.15. The zero-order valence-corrected chi connectivity index (χ0v) is 10.1. The van der Waals surface area contributed by atoms with Crippen LogP contribution >= 0.6 is 0 Å². The van der Waals surface area contributed by atoms with Gasteiger partial charge in [0.25, 0.3) is 0 Å². The summed E-state index contributed by atoms with van der Waals surface area (Å²) in [6.45, 7) is 2.66. The number of nitrogens with one attached hydrogen (secondary N) is 2. The van der Waals surface area contributed by atoms with Gasteiger partial charge < -0.3 is 15.7 Å². The Morgan fingerprint density at radius 2 is 2.06 bits per heavy atom. The Morgan fingerprint density at radius 3 is 2.56 bits per heavy atom. The predicted molar refractivity (Wildman–Crippen MR) is 59.8 cm³/mol. The summed E-state index contributed by atoms with van der Waals surface area (Å²) in [5.41, 5.74) is 0. The molecule has 1 rings (SSSR count). The maximum absolute atomic E-state index is 11.2. The lowest BCUT2D eigenvalue weighted by molar-refractivity contribution is -0.120. The Kier molecular flexibility index (Phi) is 4.69. The fourth-order valence-electron chi connectivity index (χ4n) is 1.61. The highest BCUT2D eigenvalue weighted by Gasteiger charge is 2.35. The number of carbonyl (C=O) groups excluding carboxylic acids is 1. The number of carbonyl (C=O) groups is 1. The van der Waals surface area contributed by atoms with Gasteiger partial charge in [-0.3, -0.25) is 4.79 Å². The quantitative estimate of drug-likeness (QED) is 0.503. The van der Waals surface area contributed by atoms with Gasteiger partial charge in [-0.05, 0) is 0 Å². The normalized spacial score (nSPS) is 27.9. The van der Waals surface area contributed by atoms with Gasteiger partial charge in [0.05, 0.1) is 17.6 Å². The van der Waals surface area contributed by atoms with Crippen molar-refractivity contribution < 1.29 is 18.3 Å². The summed E-state index contributed by atoms with van der Waals surface area (Å²) in [6.07, 6.45) is -0.410. The topological polar surface area (TPSA) is 95.5 Å². The Bertz CT molecular complexity index is 341. The summed E-state index contributed by atoms with van der Waals surface area (Å²) in [5.74, 6) is -0.247. The monoisotopic (exact) mass is 250 g/mol. The van der Waals surface area contributed by atoms with E-state index in [1.165, 1.54) is 0 Å². The first kappa shape index (κ1) is 13.4. The molecule has 0 saturated carbocycles. The van der Waals surface area contributed by atoms with Crippen LogP contribution in [0.15, 0.2) is 0 Å². The van der Waals surface area contributed by atoms with Gasteiger partial charge in [0.15, 0.2) is 9.84 Å². The second-order valence-corrected chi connectivity index (χ2v) is 6.06. The summed E-state index contributed by atoms with van der Waals surface area (Å²) >= 11 is 0. The molecule has 1 aliphatic rings. The van der Waals surface area contributed by atoms with Crippen LogP contribution < -0.4 is 10.6 Å². The molecule has 16 heavy (non-hydrogen) atoms. The number of aliphatic hydroxyl groups is 1. The van der Waals surface area contributed by atoms with Gasteiger partial charge in [-0.2, -0.15) is 0 Å². The molecular weight excluding hydrogens is 232 g/mol. The van der Waals surface area contributed by atoms with E-state index in [9.17, 15) is 18.3 Å². The number of aliphatic hydroxyl groups excluding tert-OH is 1. The lowest BCUT2D eigenvalue weighted by Gasteiger charge is -2.14. The van der Waals surface area contributed by atoms with Crippen molar-refractivity contribution in [3.05, 3.63) is 0 Å². The molecule has 0 aliphatic carbocycles. The average molecular weight is 250 g/mol. The van der Waals surface area contributed by atoms with Crippen molar-refractivity contribution in [3.63, 3.8) is 0 Å². The van der Waals surface area contributed by atoms with Crippen LogP contribution in [-0.2, 0) is 14.6 Å². The van der Waals surface area contributed by atoms with E-state index in [2.05, 4.69) is 10.6 Å². The SMILES string of the molecule is CCC(=O)NCCN[C@H]1CS(=O)(=O)C[C@H]1O. The molecule has 1 fully saturated rings. The minimum absolute atomic E-state index is 0.0319. The van der Waals surface area contributed by atoms with Gasteiger partial charge in [0, 0.05) is 25.6 Å². The highest BCUT2D eigenvalue weighted by atomic mass is 32.2. The maximum Gasteiger partial charge on any atom is 0.219 e. The first-order valence-electron chi connectivity index (χ1n) is 5.33. The number of amides is 1. The first-order chi connectivity index (χ1) is 7.44. The smallest absolute Gasteiger partial charge is 0.219 e. The van der Waals surface area contributed by atoms with Crippen molar-refractivity contribution >= 4 is 15.7 Å². The third-order valence-electron chi connectivity index (χ3n) is 2.50. The van der Waals surface area contributed by atoms with Crippen LogP contribution in [0.1, 0.15) is 13.3 Å². The highest BCUT2D eigenvalue weighted by molar-refractivity contribution is 7.91. The predicted octanol–water partition coefficient (Wildman–Crippen LogP) is -1.74. The van der Waals surface area contributed by atoms with Gasteiger partial charge in [-0.25, -0.2) is 8.42 Å². The minimum Gasteiger partial charge on any atom is -0.390 e. The molecule has 0 aromatic rings. The van der Waals surface area contributed by atoms with Crippen molar-refractivity contribution in [1.82, 2.24) is 10.6 Å². The summed E-state index contributed by atoms with van der Waals surface area (Å²) in [7, 11) is -3.10. The summed E-state index contributed by atoms with van der Waals surface area (Å²) in [5, 5.41) is 15.0. The Hall–Kier alpha value is -0.660. The standard InChI is InChI=1S/C9H18N2O4S/c1-2-9(13)11-4-3-10-7-5-16(14,15)6-8(7)12/h7-8,10,12H,2-6H2,1H3,(H,11,13)/t7-,8+/m0/s1. The molecule has 94 valence electrons. The van der Waals surface area contributed by atoms with Gasteiger partial charge in [0.1, 0.15) is 0 Å². The lowest BCUT2D eigenvalue weighted by atomic mass is 10.2. The van der Waals surface area contributed by atoms with Crippen LogP contribution in [0.3, 0.4) is 0 Å². The highest BCUT2D eigenvalue weighted by Crippen LogP contribution is 2.11. The van der Waals surface area contributed by atoms with Crippen LogP contribution in [0, 0.1) is 0 Å². The number of hydrogen-bond acceptors (Lipinski definition) is 5. The second kappa shape index (κ2) is 5.60. The molecule has 3 N–H and O–H groups in total. The molecule has 1 heterocycles. The molecule has 1 saturated heterocycles. The van der Waals surface area contributed by atoms with Gasteiger partial charge in [-0.15, -0.1) is 0 Å². The molecule has 6 nitrogen and oxygen atoms in total. The van der Waals surface area contributed by atoms with Gasteiger partial charge >= 0.3 is 0 Å². The van der Waals surface area contributed by atoms with Crippen LogP contribution in [0.4, 0.5) is 0 Å². The van der Waals surface area contributed by atoms with Crippen LogP contribution in [0.2, 0.25) is 0 Å². The Labute approximate surface area is 95.3 Å². The minimum atomic E-state index is -3.10. The molecule has 1 aliphatic heterocycles. The van der Waals surface area contributed by atoms with E-state index in [4.69, 9.17) is 0 Å². The Balaban J connectivity index is 2.21. The lowest BCUT2D eigenvalue weighted by Crippen LogP contribution is -2.42. The van der Waals surface area contributed by atoms with E-state index < -0.39 is 22.0 Å². The molecule has 0 spiro atoms. The van der Waals surface area contributed by atoms with E-state index >= 15 is 0 Å². The zero-order valence-electron chi connectivity index (χ0n) is 9.27. The molecule has 7 heteroatoms. The van der Waals surface area contributed by atoms with Gasteiger partial charge in [0.2, 0.25) is 5.91 Å². The number of hydrogen-bond donors (Lipinski definition) is 3. The van der Waals surface area contributed by atoms with Crippen LogP contribution in [-0.4, -0.2) is 56.2 Å². The van der Waals surface area contributed by atoms with Crippen molar-refractivity contribution in [3.8, 4) is 0 Å². The van der Waals surface area contributed by atoms with E-state index in [1.54, 1.807) is 6.92 Å². The van der Waals surface area contributed by atoms with Crippen LogP contribution in [0.5, 0.6) is 0 Å². The number of rotatable bonds is 5. The molecule has 0 unspecified atom stereocenters. The van der Waals surface area contributed by atoms with E-state index in [0.29, 0.717) is 19.5 Å². The van der Waals surface area contributed by atoms with Gasteiger partial charge in [-0.1, -0.05) is 6.92 Å². The Morgan fingerprint density at radius 1 is 1.38 bits per heavy atom.